The Kier molecular flexibility index (Phi) is 7.36. The molecule has 0 heterocycles. The lowest BCUT2D eigenvalue weighted by molar-refractivity contribution is -0.139. The van der Waals surface area contributed by atoms with Gasteiger partial charge in [-0.15, -0.1) is 0 Å². The van der Waals surface area contributed by atoms with Gasteiger partial charge in [0.05, 0.1) is 6.21 Å². The molecule has 136 valence electrons. The van der Waals surface area contributed by atoms with Gasteiger partial charge in [-0.25, -0.2) is 5.43 Å². The number of hydrazone groups is 1. The first-order valence-corrected chi connectivity index (χ1v) is 8.49. The summed E-state index contributed by atoms with van der Waals surface area (Å²) in [5.74, 6) is -0.742. The number of benzene rings is 2. The van der Waals surface area contributed by atoms with Crippen molar-refractivity contribution < 1.29 is 14.3 Å². The third-order valence-electron chi connectivity index (χ3n) is 3.70. The summed E-state index contributed by atoms with van der Waals surface area (Å²) >= 11 is 0. The fourth-order valence-corrected chi connectivity index (χ4v) is 2.00. The van der Waals surface area contributed by atoms with Gasteiger partial charge >= 0.3 is 11.8 Å². The summed E-state index contributed by atoms with van der Waals surface area (Å²) in [6, 6.07) is 17.1. The van der Waals surface area contributed by atoms with Crippen LogP contribution in [0.3, 0.4) is 0 Å². The first-order valence-electron chi connectivity index (χ1n) is 8.49. The standard InChI is InChI=1S/C20H23N3O3/c1-3-15(2)22-19(24)20(25)23-21-13-16-9-11-18(12-10-16)26-14-17-7-5-4-6-8-17/h4-13,15H,3,14H2,1-2H3,(H,22,24)(H,23,25)/b21-13-/t15-/m1/s1. The molecule has 2 N–H and O–H groups in total. The summed E-state index contributed by atoms with van der Waals surface area (Å²) in [7, 11) is 0. The van der Waals surface area contributed by atoms with E-state index in [4.69, 9.17) is 4.74 Å². The monoisotopic (exact) mass is 353 g/mol. The van der Waals surface area contributed by atoms with Gasteiger partial charge in [-0.2, -0.15) is 5.10 Å². The number of ether oxygens (including phenoxy) is 1. The lowest BCUT2D eigenvalue weighted by atomic mass is 10.2. The highest BCUT2D eigenvalue weighted by atomic mass is 16.5. The van der Waals surface area contributed by atoms with Crippen LogP contribution >= 0.6 is 0 Å². The molecule has 0 aliphatic heterocycles. The predicted octanol–water partition coefficient (Wildman–Crippen LogP) is 2.63. The molecule has 2 aromatic rings. The molecule has 0 aliphatic rings. The van der Waals surface area contributed by atoms with E-state index in [9.17, 15) is 9.59 Å². The van der Waals surface area contributed by atoms with Crippen LogP contribution in [0.4, 0.5) is 0 Å². The molecule has 2 aromatic carbocycles. The Morgan fingerprint density at radius 1 is 1.08 bits per heavy atom. The molecular weight excluding hydrogens is 330 g/mol. The molecule has 0 radical (unpaired) electrons. The summed E-state index contributed by atoms with van der Waals surface area (Å²) < 4.78 is 5.70. The van der Waals surface area contributed by atoms with Crippen molar-refractivity contribution in [3.05, 3.63) is 65.7 Å². The Balaban J connectivity index is 1.80. The molecule has 26 heavy (non-hydrogen) atoms. The van der Waals surface area contributed by atoms with Crippen LogP contribution in [0.15, 0.2) is 59.7 Å². The quantitative estimate of drug-likeness (QED) is 0.456. The molecule has 0 fully saturated rings. The van der Waals surface area contributed by atoms with E-state index in [1.807, 2.05) is 68.4 Å². The lowest BCUT2D eigenvalue weighted by Crippen LogP contribution is -2.41. The van der Waals surface area contributed by atoms with Crippen molar-refractivity contribution in [1.82, 2.24) is 10.7 Å². The van der Waals surface area contributed by atoms with E-state index in [2.05, 4.69) is 15.8 Å². The maximum Gasteiger partial charge on any atom is 0.329 e. The van der Waals surface area contributed by atoms with Gasteiger partial charge in [-0.1, -0.05) is 37.3 Å². The third kappa shape index (κ3) is 6.39. The van der Waals surface area contributed by atoms with Crippen molar-refractivity contribution in [2.45, 2.75) is 32.9 Å². The number of nitrogens with one attached hydrogen (secondary N) is 2. The lowest BCUT2D eigenvalue weighted by Gasteiger charge is -2.09. The van der Waals surface area contributed by atoms with Crippen LogP contribution in [0.1, 0.15) is 31.4 Å². The first kappa shape index (κ1) is 19.2. The molecule has 6 heteroatoms. The van der Waals surface area contributed by atoms with Gasteiger partial charge in [0, 0.05) is 6.04 Å². The molecule has 0 aliphatic carbocycles. The second-order valence-corrected chi connectivity index (χ2v) is 5.83. The van der Waals surface area contributed by atoms with E-state index in [-0.39, 0.29) is 6.04 Å². The molecule has 0 spiro atoms. The number of nitrogens with zero attached hydrogens (tertiary/aromatic N) is 1. The predicted molar refractivity (Wildman–Crippen MR) is 101 cm³/mol. The van der Waals surface area contributed by atoms with Gasteiger partial charge in [-0.05, 0) is 48.7 Å². The molecule has 0 aromatic heterocycles. The van der Waals surface area contributed by atoms with Crippen molar-refractivity contribution in [2.24, 2.45) is 5.10 Å². The zero-order chi connectivity index (χ0) is 18.8. The maximum atomic E-state index is 11.6. The molecule has 1 atom stereocenters. The van der Waals surface area contributed by atoms with Crippen LogP contribution in [0.5, 0.6) is 5.75 Å². The van der Waals surface area contributed by atoms with E-state index in [1.54, 1.807) is 0 Å². The zero-order valence-corrected chi connectivity index (χ0v) is 14.9. The second-order valence-electron chi connectivity index (χ2n) is 5.83. The highest BCUT2D eigenvalue weighted by Crippen LogP contribution is 2.13. The molecule has 2 rings (SSSR count). The first-order chi connectivity index (χ1) is 12.6. The maximum absolute atomic E-state index is 11.6. The van der Waals surface area contributed by atoms with Gasteiger partial charge in [-0.3, -0.25) is 9.59 Å². The van der Waals surface area contributed by atoms with E-state index in [0.717, 1.165) is 23.3 Å². The minimum Gasteiger partial charge on any atom is -0.489 e. The molecule has 0 unspecified atom stereocenters. The summed E-state index contributed by atoms with van der Waals surface area (Å²) in [6.07, 6.45) is 2.22. The average molecular weight is 353 g/mol. The van der Waals surface area contributed by atoms with Crippen LogP contribution < -0.4 is 15.5 Å². The molecule has 2 amide bonds. The van der Waals surface area contributed by atoms with Crippen molar-refractivity contribution in [3.63, 3.8) is 0 Å². The van der Waals surface area contributed by atoms with Crippen LogP contribution in [0, 0.1) is 0 Å². The average Bonchev–Trinajstić information content (AvgIpc) is 2.67. The summed E-state index contributed by atoms with van der Waals surface area (Å²) in [4.78, 5) is 23.2. The van der Waals surface area contributed by atoms with Crippen LogP contribution in [0.2, 0.25) is 0 Å². The third-order valence-corrected chi connectivity index (χ3v) is 3.70. The minimum atomic E-state index is -0.788. The van der Waals surface area contributed by atoms with Gasteiger partial charge in [0.25, 0.3) is 0 Å². The smallest absolute Gasteiger partial charge is 0.329 e. The number of carbonyl (C=O) groups is 2. The second kappa shape index (κ2) is 9.98. The Bertz CT molecular complexity index is 743. The Morgan fingerprint density at radius 3 is 2.42 bits per heavy atom. The molecule has 0 bridgehead atoms. The fourth-order valence-electron chi connectivity index (χ4n) is 2.00. The van der Waals surface area contributed by atoms with Gasteiger partial charge in [0.2, 0.25) is 0 Å². The van der Waals surface area contributed by atoms with Crippen molar-refractivity contribution in [3.8, 4) is 5.75 Å². The largest absolute Gasteiger partial charge is 0.489 e. The highest BCUT2D eigenvalue weighted by molar-refractivity contribution is 6.35. The Morgan fingerprint density at radius 2 is 1.77 bits per heavy atom. The van der Waals surface area contributed by atoms with Crippen molar-refractivity contribution in [2.75, 3.05) is 0 Å². The van der Waals surface area contributed by atoms with E-state index < -0.39 is 11.8 Å². The van der Waals surface area contributed by atoms with Crippen LogP contribution in [-0.2, 0) is 16.2 Å². The molecule has 0 saturated heterocycles. The highest BCUT2D eigenvalue weighted by Gasteiger charge is 2.14. The van der Waals surface area contributed by atoms with Gasteiger partial charge in [0.1, 0.15) is 12.4 Å². The number of carbonyl (C=O) groups excluding carboxylic acids is 2. The Labute approximate surface area is 153 Å². The van der Waals surface area contributed by atoms with Crippen molar-refractivity contribution in [1.29, 1.82) is 0 Å². The molecule has 6 nitrogen and oxygen atoms in total. The SMILES string of the molecule is CC[C@@H](C)NC(=O)C(=O)N/N=C\c1ccc(OCc2ccccc2)cc1. The summed E-state index contributed by atoms with van der Waals surface area (Å²) in [5.41, 5.74) is 4.08. The van der Waals surface area contributed by atoms with Crippen LogP contribution in [0.25, 0.3) is 0 Å². The Hall–Kier alpha value is -3.15. The topological polar surface area (TPSA) is 79.8 Å². The number of hydrogen-bond acceptors (Lipinski definition) is 4. The zero-order valence-electron chi connectivity index (χ0n) is 14.9. The number of amides is 2. The van der Waals surface area contributed by atoms with Crippen LogP contribution in [-0.4, -0.2) is 24.1 Å². The van der Waals surface area contributed by atoms with Crippen molar-refractivity contribution >= 4 is 18.0 Å². The van der Waals surface area contributed by atoms with Gasteiger partial charge < -0.3 is 10.1 Å². The van der Waals surface area contributed by atoms with E-state index in [1.165, 1.54) is 6.21 Å². The molecular formula is C20H23N3O3. The summed E-state index contributed by atoms with van der Waals surface area (Å²) in [5, 5.41) is 6.36. The fraction of sp³-hybridized carbons (Fsp3) is 0.250. The summed E-state index contributed by atoms with van der Waals surface area (Å²) in [6.45, 7) is 4.25. The minimum absolute atomic E-state index is 0.0549. The van der Waals surface area contributed by atoms with E-state index in [0.29, 0.717) is 6.61 Å². The number of rotatable bonds is 7. The van der Waals surface area contributed by atoms with E-state index >= 15 is 0 Å². The normalized spacial score (nSPS) is 11.8. The molecule has 0 saturated carbocycles. The van der Waals surface area contributed by atoms with Gasteiger partial charge in [0.15, 0.2) is 0 Å². The number of hydrogen-bond donors (Lipinski definition) is 2.